The number of ether oxygens (including phenoxy) is 2. The van der Waals surface area contributed by atoms with Crippen LogP contribution in [-0.4, -0.2) is 4.57 Å². The molecule has 39 heavy (non-hydrogen) atoms. The van der Waals surface area contributed by atoms with Gasteiger partial charge in [-0.25, -0.2) is 0 Å². The topological polar surface area (TPSA) is 23.4 Å². The Morgan fingerprint density at radius 2 is 0.872 bits per heavy atom. The number of benzene rings is 6. The summed E-state index contributed by atoms with van der Waals surface area (Å²) in [5.74, 6) is 3.02. The van der Waals surface area contributed by atoms with Gasteiger partial charge in [-0.1, -0.05) is 84.9 Å². The molecule has 3 heteroatoms. The van der Waals surface area contributed by atoms with E-state index in [9.17, 15) is 0 Å². The van der Waals surface area contributed by atoms with Crippen molar-refractivity contribution in [3.63, 3.8) is 0 Å². The van der Waals surface area contributed by atoms with Gasteiger partial charge < -0.3 is 14.0 Å². The second-order valence-electron chi connectivity index (χ2n) is 9.44. The number of nitrogens with zero attached hydrogens (tertiary/aromatic N) is 1. The molecule has 186 valence electrons. The Kier molecular flexibility index (Phi) is 5.80. The van der Waals surface area contributed by atoms with Gasteiger partial charge in [0.25, 0.3) is 0 Å². The predicted octanol–water partition coefficient (Wildman–Crippen LogP) is 10.0. The fourth-order valence-corrected chi connectivity index (χ4v) is 5.10. The fraction of sp³-hybridized carbons (Fsp3) is 0. The highest BCUT2D eigenvalue weighted by molar-refractivity contribution is 6.09. The number of para-hydroxylation sites is 3. The smallest absolute Gasteiger partial charge is 0.131 e. The van der Waals surface area contributed by atoms with E-state index in [-0.39, 0.29) is 0 Å². The van der Waals surface area contributed by atoms with Crippen molar-refractivity contribution in [3.05, 3.63) is 152 Å². The first kappa shape index (κ1) is 22.9. The Balaban J connectivity index is 1.16. The molecule has 0 fully saturated rings. The molecule has 0 radical (unpaired) electrons. The van der Waals surface area contributed by atoms with Crippen LogP contribution in [0.3, 0.4) is 0 Å². The average molecular weight is 504 g/mol. The van der Waals surface area contributed by atoms with E-state index in [0.717, 1.165) is 39.8 Å². The maximum atomic E-state index is 6.21. The lowest BCUT2D eigenvalue weighted by Crippen LogP contribution is -1.93. The molecular formula is C36H25NO2. The van der Waals surface area contributed by atoms with Gasteiger partial charge in [-0.2, -0.15) is 0 Å². The summed E-state index contributed by atoms with van der Waals surface area (Å²) < 4.78 is 14.5. The molecule has 6 aromatic carbocycles. The zero-order chi connectivity index (χ0) is 26.0. The van der Waals surface area contributed by atoms with Gasteiger partial charge in [-0.3, -0.25) is 0 Å². The Bertz CT molecular complexity index is 1850. The van der Waals surface area contributed by atoms with Crippen LogP contribution < -0.4 is 9.47 Å². The highest BCUT2D eigenvalue weighted by atomic mass is 16.5. The summed E-state index contributed by atoms with van der Waals surface area (Å²) in [7, 11) is 0. The van der Waals surface area contributed by atoms with Crippen LogP contribution >= 0.6 is 0 Å². The third-order valence-electron chi connectivity index (χ3n) is 6.89. The molecule has 0 atom stereocenters. The van der Waals surface area contributed by atoms with Gasteiger partial charge in [0, 0.05) is 22.5 Å². The van der Waals surface area contributed by atoms with Crippen LogP contribution in [0, 0.1) is 0 Å². The van der Waals surface area contributed by atoms with Crippen LogP contribution in [0.5, 0.6) is 23.0 Å². The van der Waals surface area contributed by atoms with Crippen molar-refractivity contribution in [2.75, 3.05) is 0 Å². The van der Waals surface area contributed by atoms with E-state index in [0.29, 0.717) is 0 Å². The number of hydrogen-bond donors (Lipinski definition) is 0. The van der Waals surface area contributed by atoms with Crippen LogP contribution in [0.15, 0.2) is 152 Å². The zero-order valence-electron chi connectivity index (χ0n) is 21.2. The molecule has 1 aromatic heterocycles. The monoisotopic (exact) mass is 503 g/mol. The van der Waals surface area contributed by atoms with E-state index >= 15 is 0 Å². The van der Waals surface area contributed by atoms with Gasteiger partial charge in [0.1, 0.15) is 23.0 Å². The Hall–Kier alpha value is -5.28. The molecule has 0 N–H and O–H groups in total. The van der Waals surface area contributed by atoms with Gasteiger partial charge in [0.15, 0.2) is 0 Å². The molecule has 3 nitrogen and oxygen atoms in total. The number of hydrogen-bond acceptors (Lipinski definition) is 2. The summed E-state index contributed by atoms with van der Waals surface area (Å²) in [6, 6.07) is 51.5. The minimum Gasteiger partial charge on any atom is -0.457 e. The molecule has 0 amide bonds. The number of fused-ring (bicyclic) bond motifs is 3. The summed E-state index contributed by atoms with van der Waals surface area (Å²) in [6.07, 6.45) is 0. The third kappa shape index (κ3) is 4.51. The third-order valence-corrected chi connectivity index (χ3v) is 6.89. The van der Waals surface area contributed by atoms with Crippen LogP contribution in [-0.2, 0) is 0 Å². The van der Waals surface area contributed by atoms with Crippen LogP contribution in [0.4, 0.5) is 0 Å². The summed E-state index contributed by atoms with van der Waals surface area (Å²) in [5, 5.41) is 2.53. The van der Waals surface area contributed by atoms with Gasteiger partial charge in [0.05, 0.1) is 11.0 Å². The molecular weight excluding hydrogens is 478 g/mol. The minimum absolute atomic E-state index is 0.724. The normalized spacial score (nSPS) is 11.1. The van der Waals surface area contributed by atoms with E-state index in [2.05, 4.69) is 89.5 Å². The van der Waals surface area contributed by atoms with Gasteiger partial charge in [-0.15, -0.1) is 0 Å². The molecule has 0 spiro atoms. The lowest BCUT2D eigenvalue weighted by atomic mass is 10.0. The first-order chi connectivity index (χ1) is 19.3. The van der Waals surface area contributed by atoms with Crippen molar-refractivity contribution in [2.45, 2.75) is 0 Å². The Morgan fingerprint density at radius 3 is 1.54 bits per heavy atom. The highest BCUT2D eigenvalue weighted by Crippen LogP contribution is 2.34. The first-order valence-electron chi connectivity index (χ1n) is 13.0. The van der Waals surface area contributed by atoms with Crippen molar-refractivity contribution < 1.29 is 9.47 Å². The van der Waals surface area contributed by atoms with Crippen molar-refractivity contribution >= 4 is 21.8 Å². The van der Waals surface area contributed by atoms with Crippen molar-refractivity contribution in [1.29, 1.82) is 0 Å². The van der Waals surface area contributed by atoms with Crippen molar-refractivity contribution in [3.8, 4) is 39.8 Å². The Morgan fingerprint density at radius 1 is 0.359 bits per heavy atom. The standard InChI is InChI=1S/C36H25NO2/c1-2-11-29(12-3-1)38-31-14-9-15-32(25-31)39-30-13-8-10-27(24-30)26-20-22-28(23-21-26)37-35-18-6-4-16-33(35)34-17-5-7-19-36(34)37/h1-25H. The number of aromatic nitrogens is 1. The fourth-order valence-electron chi connectivity index (χ4n) is 5.10. The van der Waals surface area contributed by atoms with Gasteiger partial charge >= 0.3 is 0 Å². The number of rotatable bonds is 6. The summed E-state index contributed by atoms with van der Waals surface area (Å²) in [4.78, 5) is 0. The first-order valence-corrected chi connectivity index (χ1v) is 13.0. The highest BCUT2D eigenvalue weighted by Gasteiger charge is 2.11. The molecule has 7 rings (SSSR count). The molecule has 0 aliphatic heterocycles. The molecule has 7 aromatic rings. The molecule has 0 bridgehead atoms. The van der Waals surface area contributed by atoms with Crippen molar-refractivity contribution in [2.24, 2.45) is 0 Å². The Labute approximate surface area is 227 Å². The van der Waals surface area contributed by atoms with Gasteiger partial charge in [0.2, 0.25) is 0 Å². The maximum Gasteiger partial charge on any atom is 0.131 e. The van der Waals surface area contributed by atoms with Crippen LogP contribution in [0.2, 0.25) is 0 Å². The second kappa shape index (κ2) is 9.88. The minimum atomic E-state index is 0.724. The summed E-state index contributed by atoms with van der Waals surface area (Å²) >= 11 is 0. The molecule has 0 saturated carbocycles. The van der Waals surface area contributed by atoms with Crippen LogP contribution in [0.25, 0.3) is 38.6 Å². The lowest BCUT2D eigenvalue weighted by molar-refractivity contribution is 0.460. The quantitative estimate of drug-likeness (QED) is 0.225. The molecule has 0 aliphatic carbocycles. The van der Waals surface area contributed by atoms with E-state index in [1.54, 1.807) is 0 Å². The molecule has 0 unspecified atom stereocenters. The van der Waals surface area contributed by atoms with Crippen molar-refractivity contribution in [1.82, 2.24) is 4.57 Å². The molecule has 0 saturated heterocycles. The van der Waals surface area contributed by atoms with E-state index in [4.69, 9.17) is 9.47 Å². The summed E-state index contributed by atoms with van der Waals surface area (Å²) in [6.45, 7) is 0. The average Bonchev–Trinajstić information content (AvgIpc) is 3.33. The predicted molar refractivity (Wildman–Crippen MR) is 159 cm³/mol. The van der Waals surface area contributed by atoms with E-state index in [1.165, 1.54) is 21.8 Å². The van der Waals surface area contributed by atoms with E-state index < -0.39 is 0 Å². The zero-order valence-corrected chi connectivity index (χ0v) is 21.2. The van der Waals surface area contributed by atoms with Crippen LogP contribution in [0.1, 0.15) is 0 Å². The molecule has 1 heterocycles. The van der Waals surface area contributed by atoms with Gasteiger partial charge in [-0.05, 0) is 71.8 Å². The largest absolute Gasteiger partial charge is 0.457 e. The maximum absolute atomic E-state index is 6.21. The SMILES string of the molecule is c1ccc(Oc2cccc(Oc3cccc(-c4ccc(-n5c6ccccc6c6ccccc65)cc4)c3)c2)cc1. The van der Waals surface area contributed by atoms with E-state index in [1.807, 2.05) is 66.7 Å². The lowest BCUT2D eigenvalue weighted by Gasteiger charge is -2.11. The summed E-state index contributed by atoms with van der Waals surface area (Å²) in [5.41, 5.74) is 5.78. The second-order valence-corrected chi connectivity index (χ2v) is 9.44. The molecule has 0 aliphatic rings.